The number of methoxy groups -OCH3 is 1. The van der Waals surface area contributed by atoms with Crippen LogP contribution in [0.3, 0.4) is 0 Å². The van der Waals surface area contributed by atoms with E-state index in [-0.39, 0.29) is 12.1 Å². The lowest BCUT2D eigenvalue weighted by Crippen LogP contribution is -2.44. The van der Waals surface area contributed by atoms with E-state index < -0.39 is 0 Å². The van der Waals surface area contributed by atoms with Crippen LogP contribution in [0.4, 0.5) is 10.5 Å². The third-order valence-corrected chi connectivity index (χ3v) is 4.93. The van der Waals surface area contributed by atoms with Crippen LogP contribution in [-0.4, -0.2) is 24.6 Å². The molecule has 0 spiro atoms. The van der Waals surface area contributed by atoms with Crippen LogP contribution in [0.25, 0.3) is 0 Å². The molecular formula is C21H26N2O2. The number of likely N-dealkylation sites (tertiary alicyclic amines) is 1. The molecule has 0 saturated carbocycles. The fraction of sp³-hybridized carbons (Fsp3) is 0.381. The van der Waals surface area contributed by atoms with Crippen LogP contribution in [0, 0.1) is 12.8 Å². The van der Waals surface area contributed by atoms with Gasteiger partial charge in [0, 0.05) is 18.3 Å². The molecule has 1 aliphatic heterocycles. The average Bonchev–Trinajstić information content (AvgIpc) is 2.62. The molecule has 3 rings (SSSR count). The summed E-state index contributed by atoms with van der Waals surface area (Å²) in [5.74, 6) is 1.17. The lowest BCUT2D eigenvalue weighted by atomic mass is 9.86. The maximum Gasteiger partial charge on any atom is 0.322 e. The Bertz CT molecular complexity index is 727. The fourth-order valence-electron chi connectivity index (χ4n) is 3.58. The van der Waals surface area contributed by atoms with Gasteiger partial charge in [-0.1, -0.05) is 42.8 Å². The summed E-state index contributed by atoms with van der Waals surface area (Å²) in [4.78, 5) is 14.9. The molecule has 0 aromatic heterocycles. The third kappa shape index (κ3) is 3.95. The van der Waals surface area contributed by atoms with Crippen molar-refractivity contribution in [1.82, 2.24) is 4.90 Å². The van der Waals surface area contributed by atoms with E-state index in [0.29, 0.717) is 5.92 Å². The summed E-state index contributed by atoms with van der Waals surface area (Å²) in [5.41, 5.74) is 3.20. The molecular weight excluding hydrogens is 312 g/mol. The number of nitrogens with zero attached hydrogens (tertiary/aromatic N) is 1. The molecule has 4 heteroatoms. The van der Waals surface area contributed by atoms with Gasteiger partial charge in [0.2, 0.25) is 0 Å². The van der Waals surface area contributed by atoms with Crippen LogP contribution in [-0.2, 0) is 0 Å². The molecule has 1 N–H and O–H groups in total. The molecule has 0 radical (unpaired) electrons. The zero-order valence-corrected chi connectivity index (χ0v) is 15.2. The summed E-state index contributed by atoms with van der Waals surface area (Å²) < 4.78 is 5.24. The fourth-order valence-corrected chi connectivity index (χ4v) is 3.58. The molecule has 1 fully saturated rings. The Morgan fingerprint density at radius 3 is 2.68 bits per heavy atom. The van der Waals surface area contributed by atoms with Gasteiger partial charge in [0.25, 0.3) is 0 Å². The van der Waals surface area contributed by atoms with Crippen LogP contribution in [0.5, 0.6) is 5.75 Å². The van der Waals surface area contributed by atoms with Crippen molar-refractivity contribution in [3.63, 3.8) is 0 Å². The average molecular weight is 338 g/mol. The van der Waals surface area contributed by atoms with Gasteiger partial charge >= 0.3 is 6.03 Å². The topological polar surface area (TPSA) is 41.6 Å². The first-order chi connectivity index (χ1) is 12.1. The number of piperidine rings is 1. The number of hydrogen-bond acceptors (Lipinski definition) is 2. The van der Waals surface area contributed by atoms with Crippen LogP contribution >= 0.6 is 0 Å². The summed E-state index contributed by atoms with van der Waals surface area (Å²) in [6.45, 7) is 5.09. The molecule has 2 atom stereocenters. The normalized spacial score (nSPS) is 20.2. The highest BCUT2D eigenvalue weighted by atomic mass is 16.5. The lowest BCUT2D eigenvalue weighted by molar-refractivity contribution is 0.129. The zero-order chi connectivity index (χ0) is 17.8. The molecule has 132 valence electrons. The predicted molar refractivity (Wildman–Crippen MR) is 101 cm³/mol. The van der Waals surface area contributed by atoms with E-state index in [1.165, 1.54) is 11.1 Å². The van der Waals surface area contributed by atoms with Crippen LogP contribution in [0.15, 0.2) is 48.5 Å². The second kappa shape index (κ2) is 7.60. The number of carbonyl (C=O) groups excluding carboxylic acids is 1. The first kappa shape index (κ1) is 17.3. The molecule has 4 nitrogen and oxygen atoms in total. The number of amides is 2. The highest BCUT2D eigenvalue weighted by molar-refractivity contribution is 5.90. The van der Waals surface area contributed by atoms with Gasteiger partial charge in [0.15, 0.2) is 0 Å². The number of rotatable bonds is 3. The quantitative estimate of drug-likeness (QED) is 0.855. The van der Waals surface area contributed by atoms with Gasteiger partial charge in [0.1, 0.15) is 5.75 Å². The number of aryl methyl sites for hydroxylation is 1. The highest BCUT2D eigenvalue weighted by Crippen LogP contribution is 2.36. The maximum absolute atomic E-state index is 12.9. The Labute approximate surface area is 149 Å². The molecule has 1 heterocycles. The lowest BCUT2D eigenvalue weighted by Gasteiger charge is -2.40. The Morgan fingerprint density at radius 1 is 1.20 bits per heavy atom. The van der Waals surface area contributed by atoms with Crippen LogP contribution < -0.4 is 10.1 Å². The molecule has 2 aromatic rings. The van der Waals surface area contributed by atoms with Crippen molar-refractivity contribution in [2.75, 3.05) is 19.0 Å². The van der Waals surface area contributed by atoms with Gasteiger partial charge in [-0.15, -0.1) is 0 Å². The van der Waals surface area contributed by atoms with Crippen molar-refractivity contribution < 1.29 is 9.53 Å². The minimum Gasteiger partial charge on any atom is -0.497 e. The van der Waals surface area contributed by atoms with Crippen molar-refractivity contribution >= 4 is 11.7 Å². The number of anilines is 1. The van der Waals surface area contributed by atoms with Crippen molar-refractivity contribution in [2.24, 2.45) is 5.92 Å². The summed E-state index contributed by atoms with van der Waals surface area (Å²) in [7, 11) is 1.63. The standard InChI is InChI=1S/C21H26N2O2/c1-15-9-11-17(12-10-15)20-16(2)6-5-13-23(20)21(24)22-18-7-4-8-19(14-18)25-3/h4,7-12,14,16,20H,5-6,13H2,1-3H3,(H,22,24)/t16-,20+/m0/s1. The second-order valence-corrected chi connectivity index (χ2v) is 6.83. The van der Waals surface area contributed by atoms with Gasteiger partial charge in [-0.2, -0.15) is 0 Å². The zero-order valence-electron chi connectivity index (χ0n) is 15.2. The van der Waals surface area contributed by atoms with Crippen molar-refractivity contribution in [1.29, 1.82) is 0 Å². The number of benzene rings is 2. The van der Waals surface area contributed by atoms with Crippen molar-refractivity contribution in [3.8, 4) is 5.75 Å². The number of urea groups is 1. The molecule has 1 saturated heterocycles. The Kier molecular flexibility index (Phi) is 5.27. The number of carbonyl (C=O) groups is 1. The monoisotopic (exact) mass is 338 g/mol. The molecule has 2 amide bonds. The van der Waals surface area contributed by atoms with Gasteiger partial charge in [-0.05, 0) is 43.4 Å². The van der Waals surface area contributed by atoms with Crippen molar-refractivity contribution in [3.05, 3.63) is 59.7 Å². The van der Waals surface area contributed by atoms with E-state index in [9.17, 15) is 4.79 Å². The minimum atomic E-state index is -0.0506. The first-order valence-corrected chi connectivity index (χ1v) is 8.86. The Morgan fingerprint density at radius 2 is 1.96 bits per heavy atom. The number of nitrogens with one attached hydrogen (secondary N) is 1. The third-order valence-electron chi connectivity index (χ3n) is 4.93. The van der Waals surface area contributed by atoms with Gasteiger partial charge in [0.05, 0.1) is 13.2 Å². The summed E-state index contributed by atoms with van der Waals surface area (Å²) in [5, 5.41) is 3.03. The molecule has 1 aliphatic rings. The van der Waals surface area contributed by atoms with E-state index in [1.54, 1.807) is 7.11 Å². The number of ether oxygens (including phenoxy) is 1. The SMILES string of the molecule is COc1cccc(NC(=O)N2CCC[C@H](C)[C@@H]2c2ccc(C)cc2)c1. The van der Waals surface area contributed by atoms with E-state index in [0.717, 1.165) is 30.8 Å². The Balaban J connectivity index is 1.81. The van der Waals surface area contributed by atoms with E-state index >= 15 is 0 Å². The summed E-state index contributed by atoms with van der Waals surface area (Å²) in [6, 6.07) is 16.1. The largest absolute Gasteiger partial charge is 0.497 e. The summed E-state index contributed by atoms with van der Waals surface area (Å²) >= 11 is 0. The molecule has 0 unspecified atom stereocenters. The molecule has 0 bridgehead atoms. The van der Waals surface area contributed by atoms with Crippen LogP contribution in [0.1, 0.15) is 36.9 Å². The smallest absolute Gasteiger partial charge is 0.322 e. The minimum absolute atomic E-state index is 0.0506. The van der Waals surface area contributed by atoms with E-state index in [2.05, 4.69) is 43.4 Å². The first-order valence-electron chi connectivity index (χ1n) is 8.86. The van der Waals surface area contributed by atoms with Gasteiger partial charge < -0.3 is 15.0 Å². The van der Waals surface area contributed by atoms with E-state index in [1.807, 2.05) is 29.2 Å². The second-order valence-electron chi connectivity index (χ2n) is 6.83. The van der Waals surface area contributed by atoms with Crippen molar-refractivity contribution in [2.45, 2.75) is 32.7 Å². The van der Waals surface area contributed by atoms with E-state index in [4.69, 9.17) is 4.74 Å². The van der Waals surface area contributed by atoms with Gasteiger partial charge in [-0.25, -0.2) is 4.79 Å². The van der Waals surface area contributed by atoms with Crippen LogP contribution in [0.2, 0.25) is 0 Å². The molecule has 2 aromatic carbocycles. The van der Waals surface area contributed by atoms with Gasteiger partial charge in [-0.3, -0.25) is 0 Å². The molecule has 0 aliphatic carbocycles. The summed E-state index contributed by atoms with van der Waals surface area (Å²) in [6.07, 6.45) is 2.18. The highest BCUT2D eigenvalue weighted by Gasteiger charge is 2.33. The number of hydrogen-bond donors (Lipinski definition) is 1. The predicted octanol–water partition coefficient (Wildman–Crippen LogP) is 5.01. The molecule has 25 heavy (non-hydrogen) atoms. The maximum atomic E-state index is 12.9. The Hall–Kier alpha value is -2.49.